The van der Waals surface area contributed by atoms with E-state index in [1.807, 2.05) is 13.8 Å². The van der Waals surface area contributed by atoms with E-state index in [1.165, 1.54) is 12.1 Å². The Kier molecular flexibility index (Phi) is 4.48. The zero-order chi connectivity index (χ0) is 13.1. The van der Waals surface area contributed by atoms with E-state index in [-0.39, 0.29) is 17.4 Å². The van der Waals surface area contributed by atoms with Crippen LogP contribution in [0.2, 0.25) is 5.02 Å². The highest BCUT2D eigenvalue weighted by atomic mass is 35.5. The minimum Gasteiger partial charge on any atom is -0.354 e. The van der Waals surface area contributed by atoms with Crippen molar-refractivity contribution in [2.75, 3.05) is 6.54 Å². The van der Waals surface area contributed by atoms with Crippen molar-refractivity contribution in [2.45, 2.75) is 25.8 Å². The Hall–Kier alpha value is -1.13. The summed E-state index contributed by atoms with van der Waals surface area (Å²) in [5, 5.41) is 2.74. The van der Waals surface area contributed by atoms with Crippen LogP contribution in [-0.4, -0.2) is 18.0 Å². The first-order valence-corrected chi connectivity index (χ1v) is 5.65. The maximum atomic E-state index is 13.1. The molecule has 0 aliphatic heterocycles. The summed E-state index contributed by atoms with van der Waals surface area (Å²) < 4.78 is 13.1. The molecule has 0 unspecified atom stereocenters. The van der Waals surface area contributed by atoms with Gasteiger partial charge in [0.05, 0.1) is 11.4 Å². The molecule has 1 aromatic carbocycles. The number of nitrogens with two attached hydrogens (primary N) is 1. The summed E-state index contributed by atoms with van der Waals surface area (Å²) >= 11 is 5.55. The Morgan fingerprint density at radius 3 is 2.71 bits per heavy atom. The summed E-state index contributed by atoms with van der Waals surface area (Å²) in [4.78, 5) is 11.5. The highest BCUT2D eigenvalue weighted by Gasteiger charge is 2.12. The van der Waals surface area contributed by atoms with Gasteiger partial charge < -0.3 is 11.1 Å². The Labute approximate surface area is 105 Å². The molecule has 1 rings (SSSR count). The molecule has 0 bridgehead atoms. The number of carbonyl (C=O) groups excluding carboxylic acids is 1. The third-order valence-electron chi connectivity index (χ3n) is 2.09. The number of amides is 1. The third-order valence-corrected chi connectivity index (χ3v) is 2.40. The molecular formula is C12H16ClFN2O. The molecule has 0 fully saturated rings. The number of rotatable bonds is 4. The van der Waals surface area contributed by atoms with Gasteiger partial charge in [0, 0.05) is 12.1 Å². The van der Waals surface area contributed by atoms with Gasteiger partial charge in [-0.1, -0.05) is 17.7 Å². The molecule has 3 nitrogen and oxygen atoms in total. The summed E-state index contributed by atoms with van der Waals surface area (Å²) in [6.45, 7) is 4.01. The minimum absolute atomic E-state index is 0.0530. The molecule has 0 aliphatic rings. The molecule has 17 heavy (non-hydrogen) atoms. The van der Waals surface area contributed by atoms with Gasteiger partial charge in [0.1, 0.15) is 5.82 Å². The number of hydrogen-bond donors (Lipinski definition) is 2. The molecule has 3 N–H and O–H groups in total. The molecule has 1 aromatic rings. The van der Waals surface area contributed by atoms with E-state index in [0.29, 0.717) is 12.1 Å². The fraction of sp³-hybridized carbons (Fsp3) is 0.417. The predicted molar refractivity (Wildman–Crippen MR) is 66.4 cm³/mol. The van der Waals surface area contributed by atoms with Crippen LogP contribution in [0.3, 0.4) is 0 Å². The van der Waals surface area contributed by atoms with Crippen LogP contribution in [0.1, 0.15) is 19.4 Å². The van der Waals surface area contributed by atoms with E-state index >= 15 is 0 Å². The van der Waals surface area contributed by atoms with Gasteiger partial charge >= 0.3 is 0 Å². The summed E-state index contributed by atoms with van der Waals surface area (Å²) in [5.74, 6) is -0.707. The summed E-state index contributed by atoms with van der Waals surface area (Å²) in [6, 6.07) is 4.32. The van der Waals surface area contributed by atoms with Gasteiger partial charge in [0.15, 0.2) is 0 Å². The lowest BCUT2D eigenvalue weighted by Gasteiger charge is -2.18. The largest absolute Gasteiger partial charge is 0.354 e. The van der Waals surface area contributed by atoms with Gasteiger partial charge in [-0.15, -0.1) is 0 Å². The van der Waals surface area contributed by atoms with Crippen molar-refractivity contribution < 1.29 is 9.18 Å². The van der Waals surface area contributed by atoms with Gasteiger partial charge in [-0.3, -0.25) is 4.79 Å². The second kappa shape index (κ2) is 5.47. The van der Waals surface area contributed by atoms with Crippen molar-refractivity contribution in [1.29, 1.82) is 0 Å². The first kappa shape index (κ1) is 13.9. The van der Waals surface area contributed by atoms with Crippen molar-refractivity contribution in [3.05, 3.63) is 34.6 Å². The normalized spacial score (nSPS) is 11.4. The van der Waals surface area contributed by atoms with Crippen molar-refractivity contribution in [3.8, 4) is 0 Å². The SMILES string of the molecule is CC(C)(N)CNC(=O)Cc1ccc(Cl)c(F)c1. The number of hydrogen-bond acceptors (Lipinski definition) is 2. The average Bonchev–Trinajstić information content (AvgIpc) is 2.20. The fourth-order valence-corrected chi connectivity index (χ4v) is 1.34. The van der Waals surface area contributed by atoms with E-state index in [4.69, 9.17) is 17.3 Å². The van der Waals surface area contributed by atoms with Crippen LogP contribution in [0, 0.1) is 5.82 Å². The van der Waals surface area contributed by atoms with Crippen molar-refractivity contribution in [3.63, 3.8) is 0 Å². The Morgan fingerprint density at radius 2 is 2.18 bits per heavy atom. The molecule has 0 saturated heterocycles. The molecular weight excluding hydrogens is 243 g/mol. The van der Waals surface area contributed by atoms with Gasteiger partial charge in [-0.2, -0.15) is 0 Å². The van der Waals surface area contributed by atoms with Gasteiger partial charge in [-0.05, 0) is 31.5 Å². The van der Waals surface area contributed by atoms with Crippen molar-refractivity contribution in [2.24, 2.45) is 5.73 Å². The first-order chi connectivity index (χ1) is 7.78. The molecule has 0 radical (unpaired) electrons. The topological polar surface area (TPSA) is 55.1 Å². The van der Waals surface area contributed by atoms with Gasteiger partial charge in [0.2, 0.25) is 5.91 Å². The predicted octanol–water partition coefficient (Wildman–Crippen LogP) is 1.88. The highest BCUT2D eigenvalue weighted by molar-refractivity contribution is 6.30. The van der Waals surface area contributed by atoms with E-state index in [9.17, 15) is 9.18 Å². The van der Waals surface area contributed by atoms with Crippen LogP contribution < -0.4 is 11.1 Å². The van der Waals surface area contributed by atoms with E-state index < -0.39 is 11.4 Å². The van der Waals surface area contributed by atoms with Crippen LogP contribution in [0.5, 0.6) is 0 Å². The molecule has 0 aromatic heterocycles. The second-order valence-electron chi connectivity index (χ2n) is 4.69. The molecule has 1 amide bonds. The molecule has 94 valence electrons. The molecule has 5 heteroatoms. The standard InChI is InChI=1S/C12H16ClFN2O/c1-12(2,15)7-16-11(17)6-8-3-4-9(13)10(14)5-8/h3-5H,6-7,15H2,1-2H3,(H,16,17). The van der Waals surface area contributed by atoms with E-state index in [2.05, 4.69) is 5.32 Å². The molecule has 0 atom stereocenters. The molecule has 0 spiro atoms. The highest BCUT2D eigenvalue weighted by Crippen LogP contribution is 2.15. The number of carbonyl (C=O) groups is 1. The van der Waals surface area contributed by atoms with Crippen molar-refractivity contribution >= 4 is 17.5 Å². The van der Waals surface area contributed by atoms with Crippen LogP contribution in [0.25, 0.3) is 0 Å². The summed E-state index contributed by atoms with van der Waals surface area (Å²) in [7, 11) is 0. The lowest BCUT2D eigenvalue weighted by atomic mass is 10.1. The fourth-order valence-electron chi connectivity index (χ4n) is 1.22. The number of halogens is 2. The zero-order valence-electron chi connectivity index (χ0n) is 9.89. The third kappa shape index (κ3) is 5.15. The van der Waals surface area contributed by atoms with Crippen LogP contribution in [0.4, 0.5) is 4.39 Å². The Balaban J connectivity index is 2.54. The molecule has 0 aliphatic carbocycles. The molecule has 0 heterocycles. The Morgan fingerprint density at radius 1 is 1.53 bits per heavy atom. The monoisotopic (exact) mass is 258 g/mol. The average molecular weight is 259 g/mol. The van der Waals surface area contributed by atoms with Crippen molar-refractivity contribution in [1.82, 2.24) is 5.32 Å². The minimum atomic E-state index is -0.517. The quantitative estimate of drug-likeness (QED) is 0.866. The van der Waals surface area contributed by atoms with E-state index in [1.54, 1.807) is 6.07 Å². The van der Waals surface area contributed by atoms with Gasteiger partial charge in [-0.25, -0.2) is 4.39 Å². The zero-order valence-corrected chi connectivity index (χ0v) is 10.6. The smallest absolute Gasteiger partial charge is 0.224 e. The first-order valence-electron chi connectivity index (χ1n) is 5.27. The summed E-state index contributed by atoms with van der Waals surface area (Å²) in [6.07, 6.45) is 0.115. The second-order valence-corrected chi connectivity index (χ2v) is 5.10. The van der Waals surface area contributed by atoms with Crippen LogP contribution in [-0.2, 0) is 11.2 Å². The van der Waals surface area contributed by atoms with E-state index in [0.717, 1.165) is 0 Å². The lowest BCUT2D eigenvalue weighted by Crippen LogP contribution is -2.45. The summed E-state index contributed by atoms with van der Waals surface area (Å²) in [5.41, 5.74) is 5.85. The lowest BCUT2D eigenvalue weighted by molar-refractivity contribution is -0.120. The van der Waals surface area contributed by atoms with Crippen LogP contribution in [0.15, 0.2) is 18.2 Å². The van der Waals surface area contributed by atoms with Gasteiger partial charge in [0.25, 0.3) is 0 Å². The Bertz CT molecular complexity index is 415. The maximum Gasteiger partial charge on any atom is 0.224 e. The maximum absolute atomic E-state index is 13.1. The number of benzene rings is 1. The number of nitrogens with one attached hydrogen (secondary N) is 1. The van der Waals surface area contributed by atoms with Crippen LogP contribution >= 0.6 is 11.6 Å². The molecule has 0 saturated carbocycles.